The summed E-state index contributed by atoms with van der Waals surface area (Å²) < 4.78 is 3.64. The monoisotopic (exact) mass is 410 g/mol. The SMILES string of the molecule is CC[N]([Ti+2][N](CC)C(=O)c1ccc(C)cc1)C(=O)c1ccc(C)cc1.[F-].[F-]. The quantitative estimate of drug-likeness (QED) is 0.510. The van der Waals surface area contributed by atoms with Gasteiger partial charge in [0.15, 0.2) is 0 Å². The van der Waals surface area contributed by atoms with Crippen molar-refractivity contribution in [2.75, 3.05) is 13.1 Å². The number of halogens is 2. The van der Waals surface area contributed by atoms with Crippen LogP contribution in [-0.2, 0) is 19.7 Å². The molecule has 2 aromatic rings. The van der Waals surface area contributed by atoms with E-state index >= 15 is 0 Å². The molecule has 2 rings (SSSR count). The maximum Gasteiger partial charge on any atom is -1.00 e. The average Bonchev–Trinajstić information content (AvgIpc) is 2.63. The number of nitrogens with zero attached hydrogens (tertiary/aromatic N) is 2. The molecule has 4 nitrogen and oxygen atoms in total. The average molecular weight is 410 g/mol. The van der Waals surface area contributed by atoms with Gasteiger partial charge in [0.25, 0.3) is 0 Å². The first kappa shape index (κ1) is 25.0. The molecule has 144 valence electrons. The second-order valence-electron chi connectivity index (χ2n) is 5.93. The van der Waals surface area contributed by atoms with Crippen LogP contribution in [0, 0.1) is 13.8 Å². The molecule has 0 radical (unpaired) electrons. The third-order valence-corrected chi connectivity index (χ3v) is 6.34. The number of carbonyl (C=O) groups excluding carboxylic acids is 2. The van der Waals surface area contributed by atoms with E-state index in [0.717, 1.165) is 11.1 Å². The van der Waals surface area contributed by atoms with Gasteiger partial charge in [-0.05, 0) is 0 Å². The Hall–Kier alpha value is -2.05. The number of aryl methyl sites for hydroxylation is 2. The second kappa shape index (κ2) is 11.6. The van der Waals surface area contributed by atoms with Crippen molar-refractivity contribution in [3.63, 3.8) is 0 Å². The first-order valence-corrected chi connectivity index (χ1v) is 9.89. The van der Waals surface area contributed by atoms with Gasteiger partial charge in [-0.25, -0.2) is 0 Å². The van der Waals surface area contributed by atoms with Crippen molar-refractivity contribution in [2.24, 2.45) is 0 Å². The second-order valence-corrected chi connectivity index (χ2v) is 7.93. The Kier molecular flexibility index (Phi) is 10.7. The fourth-order valence-electron chi connectivity index (χ4n) is 2.37. The third kappa shape index (κ3) is 6.56. The van der Waals surface area contributed by atoms with Crippen molar-refractivity contribution in [1.29, 1.82) is 0 Å². The normalized spacial score (nSPS) is 9.33. The zero-order valence-corrected chi connectivity index (χ0v) is 17.6. The predicted molar refractivity (Wildman–Crippen MR) is 95.8 cm³/mol. The Bertz CT molecular complexity index is 673. The number of carbonyl (C=O) groups is 2. The Morgan fingerprint density at radius 3 is 1.26 bits per heavy atom. The summed E-state index contributed by atoms with van der Waals surface area (Å²) in [5, 5.41) is 0. The molecule has 0 aromatic heterocycles. The summed E-state index contributed by atoms with van der Waals surface area (Å²) >= 11 is -1.05. The van der Waals surface area contributed by atoms with E-state index in [2.05, 4.69) is 0 Å². The first-order valence-electron chi connectivity index (χ1n) is 8.49. The minimum Gasteiger partial charge on any atom is -1.00 e. The van der Waals surface area contributed by atoms with Crippen molar-refractivity contribution < 1.29 is 38.7 Å². The zero-order valence-electron chi connectivity index (χ0n) is 16.0. The molecule has 0 fully saturated rings. The maximum atomic E-state index is 12.8. The van der Waals surface area contributed by atoms with Crippen molar-refractivity contribution in [3.8, 4) is 0 Å². The van der Waals surface area contributed by atoms with E-state index in [1.165, 1.54) is 0 Å². The van der Waals surface area contributed by atoms with E-state index in [0.29, 0.717) is 24.2 Å². The van der Waals surface area contributed by atoms with Gasteiger partial charge in [-0.15, -0.1) is 0 Å². The zero-order chi connectivity index (χ0) is 18.4. The Balaban J connectivity index is 0.00000338. The van der Waals surface area contributed by atoms with Crippen molar-refractivity contribution >= 4 is 11.8 Å². The molecule has 27 heavy (non-hydrogen) atoms. The van der Waals surface area contributed by atoms with Crippen LogP contribution in [0.2, 0.25) is 0 Å². The summed E-state index contributed by atoms with van der Waals surface area (Å²) in [6.07, 6.45) is 0. The van der Waals surface area contributed by atoms with Gasteiger partial charge < -0.3 is 9.41 Å². The van der Waals surface area contributed by atoms with Gasteiger partial charge in [0.1, 0.15) is 0 Å². The molecule has 7 heteroatoms. The topological polar surface area (TPSA) is 40.6 Å². The van der Waals surface area contributed by atoms with Crippen LogP contribution in [0.1, 0.15) is 45.7 Å². The summed E-state index contributed by atoms with van der Waals surface area (Å²) in [7, 11) is 0. The van der Waals surface area contributed by atoms with Crippen LogP contribution < -0.4 is 9.41 Å². The molecule has 0 saturated carbocycles. The minimum absolute atomic E-state index is 0. The molecule has 0 N–H and O–H groups in total. The summed E-state index contributed by atoms with van der Waals surface area (Å²) in [6.45, 7) is 9.12. The van der Waals surface area contributed by atoms with Gasteiger partial charge in [0, 0.05) is 0 Å². The number of rotatable bonds is 6. The Morgan fingerprint density at radius 1 is 0.704 bits per heavy atom. The van der Waals surface area contributed by atoms with Crippen LogP contribution in [0.15, 0.2) is 48.5 Å². The van der Waals surface area contributed by atoms with Crippen molar-refractivity contribution in [1.82, 2.24) is 6.76 Å². The molecule has 2 amide bonds. The van der Waals surface area contributed by atoms with E-state index in [1.807, 2.05) is 83.0 Å². The summed E-state index contributed by atoms with van der Waals surface area (Å²) in [4.78, 5) is 25.5. The summed E-state index contributed by atoms with van der Waals surface area (Å²) in [5.41, 5.74) is 3.60. The molecule has 0 aliphatic heterocycles. The van der Waals surface area contributed by atoms with E-state index in [-0.39, 0.29) is 21.2 Å². The van der Waals surface area contributed by atoms with E-state index in [1.54, 1.807) is 0 Å². The standard InChI is InChI=1S/2C10H13NO.2FH.Ti/c2*1-3-11-10(12)9-6-4-8(2)5-7-9;;;/h2*4-7H,3H2,1-2H3,(H,11,12);2*1H;/q;;;;+4/p-4. The van der Waals surface area contributed by atoms with E-state index in [9.17, 15) is 9.59 Å². The molecule has 0 unspecified atom stereocenters. The van der Waals surface area contributed by atoms with Gasteiger partial charge in [-0.2, -0.15) is 0 Å². The van der Waals surface area contributed by atoms with Crippen LogP contribution in [0.4, 0.5) is 0 Å². The molecule has 0 heterocycles. The maximum absolute atomic E-state index is 12.8. The van der Waals surface area contributed by atoms with Crippen LogP contribution in [-0.4, -0.2) is 31.7 Å². The largest absolute Gasteiger partial charge is 1.00 e. The van der Waals surface area contributed by atoms with Crippen LogP contribution in [0.25, 0.3) is 0 Å². The molecule has 0 spiro atoms. The van der Waals surface area contributed by atoms with Gasteiger partial charge in [-0.3, -0.25) is 0 Å². The van der Waals surface area contributed by atoms with E-state index < -0.39 is 19.7 Å². The van der Waals surface area contributed by atoms with Crippen LogP contribution in [0.3, 0.4) is 0 Å². The van der Waals surface area contributed by atoms with Crippen molar-refractivity contribution in [3.05, 3.63) is 70.8 Å². The van der Waals surface area contributed by atoms with Gasteiger partial charge in [-0.1, -0.05) is 0 Å². The molecule has 2 aromatic carbocycles. The summed E-state index contributed by atoms with van der Waals surface area (Å²) in [6, 6.07) is 15.2. The van der Waals surface area contributed by atoms with Gasteiger partial charge in [0.05, 0.1) is 0 Å². The molecule has 0 saturated heterocycles. The number of hydrogen-bond acceptors (Lipinski definition) is 2. The fraction of sp³-hybridized carbons (Fsp3) is 0.300. The molecule has 0 aliphatic rings. The molecular weight excluding hydrogens is 386 g/mol. The third-order valence-electron chi connectivity index (χ3n) is 3.96. The minimum atomic E-state index is -1.05. The Morgan fingerprint density at radius 2 is 1.00 bits per heavy atom. The number of amides is 2. The molecule has 0 atom stereocenters. The van der Waals surface area contributed by atoms with Gasteiger partial charge >= 0.3 is 159 Å². The van der Waals surface area contributed by atoms with Crippen LogP contribution >= 0.6 is 0 Å². The number of hydrogen-bond donors (Lipinski definition) is 0. The molecule has 0 bridgehead atoms. The fourth-order valence-corrected chi connectivity index (χ4v) is 3.95. The van der Waals surface area contributed by atoms with Crippen LogP contribution in [0.5, 0.6) is 0 Å². The predicted octanol–water partition coefficient (Wildman–Crippen LogP) is -2.15. The van der Waals surface area contributed by atoms with Crippen molar-refractivity contribution in [2.45, 2.75) is 27.7 Å². The molecular formula is C20H24F2N2O2Ti. The smallest absolute Gasteiger partial charge is 1.00 e. The number of benzene rings is 2. The summed E-state index contributed by atoms with van der Waals surface area (Å²) in [5.74, 6) is -0.00434. The Labute approximate surface area is 168 Å². The molecule has 0 aliphatic carbocycles. The van der Waals surface area contributed by atoms with E-state index in [4.69, 9.17) is 0 Å². The van der Waals surface area contributed by atoms with Gasteiger partial charge in [0.2, 0.25) is 0 Å². The first-order chi connectivity index (χ1) is 12.0.